The fourth-order valence-electron chi connectivity index (χ4n) is 3.33. The Balaban J connectivity index is 1.95. The lowest BCUT2D eigenvalue weighted by atomic mass is 9.93. The number of nitrogens with zero attached hydrogens (tertiary/aromatic N) is 2. The SMILES string of the molecule is c1cnc(-c2cc3ccc4cccc5ccc(c2)c3c45)nc1. The van der Waals surface area contributed by atoms with E-state index < -0.39 is 0 Å². The first-order valence-electron chi connectivity index (χ1n) is 7.35. The zero-order chi connectivity index (χ0) is 14.5. The van der Waals surface area contributed by atoms with Gasteiger partial charge in [-0.3, -0.25) is 0 Å². The van der Waals surface area contributed by atoms with Crippen LogP contribution in [-0.2, 0) is 0 Å². The molecule has 2 heteroatoms. The number of hydrogen-bond donors (Lipinski definition) is 0. The first-order chi connectivity index (χ1) is 10.9. The molecule has 102 valence electrons. The van der Waals surface area contributed by atoms with Crippen LogP contribution in [0.2, 0.25) is 0 Å². The van der Waals surface area contributed by atoms with Crippen LogP contribution in [0.15, 0.2) is 73.1 Å². The van der Waals surface area contributed by atoms with Gasteiger partial charge in [-0.15, -0.1) is 0 Å². The van der Waals surface area contributed by atoms with Crippen molar-refractivity contribution in [1.82, 2.24) is 9.97 Å². The van der Waals surface area contributed by atoms with Crippen LogP contribution in [0.1, 0.15) is 0 Å². The van der Waals surface area contributed by atoms with Gasteiger partial charge in [0, 0.05) is 18.0 Å². The minimum atomic E-state index is 0.771. The Kier molecular flexibility index (Phi) is 2.25. The summed E-state index contributed by atoms with van der Waals surface area (Å²) in [5.74, 6) is 0.771. The van der Waals surface area contributed by atoms with E-state index in [0.717, 1.165) is 11.4 Å². The maximum absolute atomic E-state index is 4.37. The summed E-state index contributed by atoms with van der Waals surface area (Å²) < 4.78 is 0. The second kappa shape index (κ2) is 4.25. The molecule has 2 nitrogen and oxygen atoms in total. The van der Waals surface area contributed by atoms with E-state index in [1.54, 1.807) is 12.4 Å². The summed E-state index contributed by atoms with van der Waals surface area (Å²) in [7, 11) is 0. The number of rotatable bonds is 1. The summed E-state index contributed by atoms with van der Waals surface area (Å²) in [4.78, 5) is 8.75. The van der Waals surface area contributed by atoms with Crippen LogP contribution in [-0.4, -0.2) is 9.97 Å². The van der Waals surface area contributed by atoms with Crippen molar-refractivity contribution in [3.05, 3.63) is 73.1 Å². The van der Waals surface area contributed by atoms with E-state index in [9.17, 15) is 0 Å². The van der Waals surface area contributed by atoms with Crippen LogP contribution in [0.3, 0.4) is 0 Å². The molecule has 0 aliphatic heterocycles. The molecule has 0 fully saturated rings. The summed E-state index contributed by atoms with van der Waals surface area (Å²) in [6, 6.07) is 21.4. The van der Waals surface area contributed by atoms with Crippen LogP contribution in [0.5, 0.6) is 0 Å². The second-order valence-electron chi connectivity index (χ2n) is 5.58. The average molecular weight is 280 g/mol. The lowest BCUT2D eigenvalue weighted by Gasteiger charge is -2.12. The maximum atomic E-state index is 4.37. The standard InChI is InChI=1S/C20H12N2/c1-3-13-5-7-15-11-17(20-21-9-2-10-22-20)12-16-8-6-14(4-1)18(13)19(15)16/h1-12H. The first-order valence-corrected chi connectivity index (χ1v) is 7.35. The molecule has 22 heavy (non-hydrogen) atoms. The Morgan fingerprint density at radius 3 is 1.73 bits per heavy atom. The monoisotopic (exact) mass is 280 g/mol. The molecular formula is C20H12N2. The smallest absolute Gasteiger partial charge is 0.159 e. The highest BCUT2D eigenvalue weighted by Gasteiger charge is 2.10. The molecule has 0 bridgehead atoms. The lowest BCUT2D eigenvalue weighted by molar-refractivity contribution is 1.18. The molecule has 0 N–H and O–H groups in total. The molecule has 0 aliphatic carbocycles. The second-order valence-corrected chi connectivity index (χ2v) is 5.58. The van der Waals surface area contributed by atoms with Gasteiger partial charge < -0.3 is 0 Å². The van der Waals surface area contributed by atoms with Crippen molar-refractivity contribution in [3.63, 3.8) is 0 Å². The minimum Gasteiger partial charge on any atom is -0.237 e. The molecule has 0 aliphatic rings. The molecule has 0 amide bonds. The summed E-state index contributed by atoms with van der Waals surface area (Å²) in [5, 5.41) is 7.74. The van der Waals surface area contributed by atoms with E-state index in [0.29, 0.717) is 0 Å². The number of hydrogen-bond acceptors (Lipinski definition) is 2. The third kappa shape index (κ3) is 1.55. The highest BCUT2D eigenvalue weighted by Crippen LogP contribution is 2.36. The van der Waals surface area contributed by atoms with E-state index in [1.807, 2.05) is 6.07 Å². The van der Waals surface area contributed by atoms with Crippen molar-refractivity contribution in [2.75, 3.05) is 0 Å². The Morgan fingerprint density at radius 1 is 0.545 bits per heavy atom. The quantitative estimate of drug-likeness (QED) is 0.402. The molecule has 5 rings (SSSR count). The summed E-state index contributed by atoms with van der Waals surface area (Å²) in [5.41, 5.74) is 1.06. The predicted molar refractivity (Wildman–Crippen MR) is 91.2 cm³/mol. The summed E-state index contributed by atoms with van der Waals surface area (Å²) in [6.45, 7) is 0. The summed E-state index contributed by atoms with van der Waals surface area (Å²) >= 11 is 0. The van der Waals surface area contributed by atoms with Gasteiger partial charge in [-0.05, 0) is 50.5 Å². The van der Waals surface area contributed by atoms with Gasteiger partial charge in [-0.25, -0.2) is 9.97 Å². The fraction of sp³-hybridized carbons (Fsp3) is 0. The van der Waals surface area contributed by atoms with Gasteiger partial charge in [0.2, 0.25) is 0 Å². The van der Waals surface area contributed by atoms with Crippen LogP contribution in [0.25, 0.3) is 43.7 Å². The fourth-order valence-corrected chi connectivity index (χ4v) is 3.33. The molecule has 0 atom stereocenters. The van der Waals surface area contributed by atoms with Crippen molar-refractivity contribution >= 4 is 32.3 Å². The molecule has 4 aromatic carbocycles. The maximum Gasteiger partial charge on any atom is 0.159 e. The zero-order valence-electron chi connectivity index (χ0n) is 11.8. The van der Waals surface area contributed by atoms with E-state index in [2.05, 4.69) is 64.6 Å². The highest BCUT2D eigenvalue weighted by molar-refractivity contribution is 6.23. The summed E-state index contributed by atoms with van der Waals surface area (Å²) in [6.07, 6.45) is 3.57. The van der Waals surface area contributed by atoms with Crippen LogP contribution >= 0.6 is 0 Å². The third-order valence-electron chi connectivity index (χ3n) is 4.29. The predicted octanol–water partition coefficient (Wildman–Crippen LogP) is 5.04. The van der Waals surface area contributed by atoms with Crippen molar-refractivity contribution in [2.24, 2.45) is 0 Å². The van der Waals surface area contributed by atoms with Crippen molar-refractivity contribution in [1.29, 1.82) is 0 Å². The first kappa shape index (κ1) is 11.6. The largest absolute Gasteiger partial charge is 0.237 e. The van der Waals surface area contributed by atoms with E-state index >= 15 is 0 Å². The highest BCUT2D eigenvalue weighted by atomic mass is 14.8. The van der Waals surface area contributed by atoms with Gasteiger partial charge in [-0.2, -0.15) is 0 Å². The average Bonchev–Trinajstić information content (AvgIpc) is 2.60. The van der Waals surface area contributed by atoms with Crippen molar-refractivity contribution in [3.8, 4) is 11.4 Å². The molecular weight excluding hydrogens is 268 g/mol. The molecule has 0 unspecified atom stereocenters. The topological polar surface area (TPSA) is 25.8 Å². The molecule has 1 heterocycles. The zero-order valence-corrected chi connectivity index (χ0v) is 11.8. The minimum absolute atomic E-state index is 0.771. The van der Waals surface area contributed by atoms with Gasteiger partial charge >= 0.3 is 0 Å². The Labute approximate surface area is 127 Å². The van der Waals surface area contributed by atoms with Crippen molar-refractivity contribution in [2.45, 2.75) is 0 Å². The van der Waals surface area contributed by atoms with E-state index in [-0.39, 0.29) is 0 Å². The van der Waals surface area contributed by atoms with Gasteiger partial charge in [0.1, 0.15) is 0 Å². The Bertz CT molecular complexity index is 1050. The van der Waals surface area contributed by atoms with Gasteiger partial charge in [0.05, 0.1) is 0 Å². The van der Waals surface area contributed by atoms with Gasteiger partial charge in [-0.1, -0.05) is 42.5 Å². The molecule has 0 radical (unpaired) electrons. The normalized spacial score (nSPS) is 11.6. The Morgan fingerprint density at radius 2 is 1.09 bits per heavy atom. The van der Waals surface area contributed by atoms with E-state index in [1.165, 1.54) is 32.3 Å². The van der Waals surface area contributed by atoms with Crippen LogP contribution < -0.4 is 0 Å². The lowest BCUT2D eigenvalue weighted by Crippen LogP contribution is -1.89. The number of benzene rings is 4. The van der Waals surface area contributed by atoms with Gasteiger partial charge in [0.25, 0.3) is 0 Å². The van der Waals surface area contributed by atoms with E-state index in [4.69, 9.17) is 0 Å². The van der Waals surface area contributed by atoms with Crippen molar-refractivity contribution < 1.29 is 0 Å². The third-order valence-corrected chi connectivity index (χ3v) is 4.29. The van der Waals surface area contributed by atoms with Crippen LogP contribution in [0.4, 0.5) is 0 Å². The Hall–Kier alpha value is -3.00. The molecule has 1 aromatic heterocycles. The molecule has 0 saturated carbocycles. The molecule has 0 spiro atoms. The molecule has 0 saturated heterocycles. The van der Waals surface area contributed by atoms with Crippen LogP contribution in [0, 0.1) is 0 Å². The number of aromatic nitrogens is 2. The van der Waals surface area contributed by atoms with Gasteiger partial charge in [0.15, 0.2) is 5.82 Å². The molecule has 5 aromatic rings.